The molecule has 0 fully saturated rings. The summed E-state index contributed by atoms with van der Waals surface area (Å²) < 4.78 is 33.6. The minimum Gasteiger partial charge on any atom is -0.494 e. The van der Waals surface area contributed by atoms with Gasteiger partial charge < -0.3 is 10.1 Å². The van der Waals surface area contributed by atoms with Crippen molar-refractivity contribution < 1.29 is 17.9 Å². The number of carbonyl (C=O) groups excluding carboxylic acids is 1. The van der Waals surface area contributed by atoms with Gasteiger partial charge >= 0.3 is 0 Å². The van der Waals surface area contributed by atoms with Crippen LogP contribution in [-0.4, -0.2) is 27.5 Å². The second kappa shape index (κ2) is 11.0. The van der Waals surface area contributed by atoms with Crippen molar-refractivity contribution in [3.05, 3.63) is 83.9 Å². The lowest BCUT2D eigenvalue weighted by molar-refractivity contribution is -0.114. The molecule has 0 atom stereocenters. The fourth-order valence-corrected chi connectivity index (χ4v) is 5.04. The van der Waals surface area contributed by atoms with Gasteiger partial charge in [0.25, 0.3) is 10.0 Å². The van der Waals surface area contributed by atoms with E-state index in [0.29, 0.717) is 18.0 Å². The smallest absolute Gasteiger partial charge is 0.264 e. The molecule has 7 heteroatoms. The molecule has 6 nitrogen and oxygen atoms in total. The molecule has 0 heterocycles. The predicted octanol–water partition coefficient (Wildman–Crippen LogP) is 5.04. The number of para-hydroxylation sites is 2. The molecule has 0 aliphatic rings. The van der Waals surface area contributed by atoms with Crippen LogP contribution in [-0.2, 0) is 27.7 Å². The van der Waals surface area contributed by atoms with Crippen LogP contribution >= 0.6 is 0 Å². The van der Waals surface area contributed by atoms with E-state index in [1.807, 2.05) is 39.0 Å². The number of benzene rings is 3. The fourth-order valence-electron chi connectivity index (χ4n) is 3.62. The van der Waals surface area contributed by atoms with Crippen LogP contribution in [0.1, 0.15) is 31.9 Å². The number of carbonyl (C=O) groups is 1. The summed E-state index contributed by atoms with van der Waals surface area (Å²) >= 11 is 0. The zero-order valence-electron chi connectivity index (χ0n) is 19.2. The molecule has 3 aromatic carbocycles. The first-order chi connectivity index (χ1) is 15.9. The first-order valence-electron chi connectivity index (χ1n) is 11.1. The molecule has 1 N–H and O–H groups in total. The van der Waals surface area contributed by atoms with Gasteiger partial charge in [0.1, 0.15) is 12.3 Å². The lowest BCUT2D eigenvalue weighted by atomic mass is 10.0. The van der Waals surface area contributed by atoms with Crippen LogP contribution in [0.2, 0.25) is 0 Å². The molecule has 0 spiro atoms. The van der Waals surface area contributed by atoms with Gasteiger partial charge in [-0.2, -0.15) is 0 Å². The van der Waals surface area contributed by atoms with Gasteiger partial charge in [0.05, 0.1) is 17.2 Å². The van der Waals surface area contributed by atoms with Gasteiger partial charge in [-0.25, -0.2) is 8.42 Å². The lowest BCUT2D eigenvalue weighted by Gasteiger charge is -2.25. The van der Waals surface area contributed by atoms with Crippen molar-refractivity contribution in [2.45, 2.75) is 38.5 Å². The highest BCUT2D eigenvalue weighted by Crippen LogP contribution is 2.26. The third-order valence-corrected chi connectivity index (χ3v) is 7.11. The Morgan fingerprint density at radius 1 is 0.848 bits per heavy atom. The summed E-state index contributed by atoms with van der Waals surface area (Å²) in [7, 11) is -3.99. The number of ether oxygens (including phenoxy) is 1. The molecule has 33 heavy (non-hydrogen) atoms. The Kier molecular flexibility index (Phi) is 8.11. The van der Waals surface area contributed by atoms with Gasteiger partial charge in [0, 0.05) is 5.69 Å². The zero-order valence-corrected chi connectivity index (χ0v) is 20.1. The molecule has 3 rings (SSSR count). The van der Waals surface area contributed by atoms with Crippen molar-refractivity contribution in [2.75, 3.05) is 22.8 Å². The Hall–Kier alpha value is -3.32. The number of aryl methyl sites for hydroxylation is 2. The van der Waals surface area contributed by atoms with E-state index in [9.17, 15) is 13.2 Å². The maximum atomic E-state index is 13.5. The Balaban J connectivity index is 1.93. The number of amides is 1. The van der Waals surface area contributed by atoms with E-state index in [2.05, 4.69) is 5.32 Å². The van der Waals surface area contributed by atoms with E-state index < -0.39 is 15.9 Å². The van der Waals surface area contributed by atoms with Gasteiger partial charge in [-0.1, -0.05) is 50.2 Å². The molecule has 0 radical (unpaired) electrons. The number of nitrogens with one attached hydrogen (secondary N) is 1. The summed E-state index contributed by atoms with van der Waals surface area (Å²) in [6.45, 7) is 6.05. The fraction of sp³-hybridized carbons (Fsp3) is 0.269. The normalized spacial score (nSPS) is 11.1. The van der Waals surface area contributed by atoms with Crippen LogP contribution in [0.4, 0.5) is 11.4 Å². The average molecular weight is 467 g/mol. The Morgan fingerprint density at radius 2 is 1.45 bits per heavy atom. The summed E-state index contributed by atoms with van der Waals surface area (Å²) in [6, 6.07) is 20.8. The third kappa shape index (κ3) is 5.73. The van der Waals surface area contributed by atoms with Crippen LogP contribution in [0.5, 0.6) is 5.75 Å². The van der Waals surface area contributed by atoms with Crippen LogP contribution in [0.25, 0.3) is 0 Å². The monoisotopic (exact) mass is 466 g/mol. The molecular weight excluding hydrogens is 436 g/mol. The van der Waals surface area contributed by atoms with Crippen LogP contribution in [0, 0.1) is 0 Å². The highest BCUT2D eigenvalue weighted by molar-refractivity contribution is 7.92. The van der Waals surface area contributed by atoms with Gasteiger partial charge in [-0.05, 0) is 67.3 Å². The zero-order chi connectivity index (χ0) is 23.8. The summed E-state index contributed by atoms with van der Waals surface area (Å²) in [6.07, 6.45) is 1.52. The molecule has 0 aliphatic heterocycles. The van der Waals surface area contributed by atoms with Crippen LogP contribution < -0.4 is 14.4 Å². The van der Waals surface area contributed by atoms with Crippen molar-refractivity contribution in [3.8, 4) is 5.75 Å². The predicted molar refractivity (Wildman–Crippen MR) is 132 cm³/mol. The molecule has 0 aliphatic carbocycles. The second-order valence-corrected chi connectivity index (χ2v) is 9.32. The van der Waals surface area contributed by atoms with Gasteiger partial charge in [-0.15, -0.1) is 0 Å². The van der Waals surface area contributed by atoms with Crippen LogP contribution in [0.15, 0.2) is 77.7 Å². The average Bonchev–Trinajstić information content (AvgIpc) is 2.83. The maximum Gasteiger partial charge on any atom is 0.264 e. The number of hydrogen-bond acceptors (Lipinski definition) is 4. The van der Waals surface area contributed by atoms with Crippen molar-refractivity contribution in [2.24, 2.45) is 0 Å². The summed E-state index contributed by atoms with van der Waals surface area (Å²) in [5.41, 5.74) is 3.21. The van der Waals surface area contributed by atoms with Gasteiger partial charge in [0.15, 0.2) is 0 Å². The van der Waals surface area contributed by atoms with Crippen molar-refractivity contribution in [1.29, 1.82) is 0 Å². The van der Waals surface area contributed by atoms with Crippen LogP contribution in [0.3, 0.4) is 0 Å². The molecule has 3 aromatic rings. The lowest BCUT2D eigenvalue weighted by Crippen LogP contribution is -2.38. The molecular formula is C26H30N2O4S. The van der Waals surface area contributed by atoms with Crippen molar-refractivity contribution in [1.82, 2.24) is 0 Å². The minimum absolute atomic E-state index is 0.0887. The number of hydrogen-bond donors (Lipinski definition) is 1. The first-order valence-corrected chi connectivity index (χ1v) is 12.6. The highest BCUT2D eigenvalue weighted by atomic mass is 32.2. The Morgan fingerprint density at radius 3 is 2.00 bits per heavy atom. The maximum absolute atomic E-state index is 13.5. The molecule has 174 valence electrons. The number of sulfonamides is 1. The number of rotatable bonds is 10. The van der Waals surface area contributed by atoms with E-state index in [0.717, 1.165) is 34.0 Å². The molecule has 0 saturated heterocycles. The van der Waals surface area contributed by atoms with Crippen molar-refractivity contribution in [3.63, 3.8) is 0 Å². The quantitative estimate of drug-likeness (QED) is 0.454. The topological polar surface area (TPSA) is 75.7 Å². The first kappa shape index (κ1) is 24.3. The third-order valence-electron chi connectivity index (χ3n) is 5.32. The molecule has 1 amide bonds. The van der Waals surface area contributed by atoms with E-state index in [1.54, 1.807) is 42.5 Å². The standard InChI is InChI=1S/C26H30N2O4S/c1-4-20-11-10-12-21(5-2)26(20)27-25(29)19-28(22-13-8-7-9-14-22)33(30,31)24-17-15-23(16-18-24)32-6-3/h7-18H,4-6,19H2,1-3H3,(H,27,29). The highest BCUT2D eigenvalue weighted by Gasteiger charge is 2.27. The molecule has 0 aromatic heterocycles. The van der Waals surface area contributed by atoms with Gasteiger partial charge in [0.2, 0.25) is 5.91 Å². The van der Waals surface area contributed by atoms with E-state index in [1.165, 1.54) is 12.1 Å². The SMILES string of the molecule is CCOc1ccc(S(=O)(=O)N(CC(=O)Nc2c(CC)cccc2CC)c2ccccc2)cc1. The van der Waals surface area contributed by atoms with Gasteiger partial charge in [-0.3, -0.25) is 9.10 Å². The summed E-state index contributed by atoms with van der Waals surface area (Å²) in [4.78, 5) is 13.2. The Bertz CT molecular complexity index is 1150. The van der Waals surface area contributed by atoms with Crippen molar-refractivity contribution >= 4 is 27.3 Å². The molecule has 0 unspecified atom stereocenters. The summed E-state index contributed by atoms with van der Waals surface area (Å²) in [5.74, 6) is 0.188. The number of nitrogens with zero attached hydrogens (tertiary/aromatic N) is 1. The number of anilines is 2. The second-order valence-electron chi connectivity index (χ2n) is 7.46. The minimum atomic E-state index is -3.99. The van der Waals surface area contributed by atoms with E-state index >= 15 is 0 Å². The largest absolute Gasteiger partial charge is 0.494 e. The van der Waals surface area contributed by atoms with E-state index in [-0.39, 0.29) is 11.4 Å². The molecule has 0 saturated carbocycles. The summed E-state index contributed by atoms with van der Waals surface area (Å²) in [5, 5.41) is 2.97. The molecule has 0 bridgehead atoms. The Labute approximate surface area is 196 Å². The van der Waals surface area contributed by atoms with E-state index in [4.69, 9.17) is 4.74 Å².